The number of carbonyl (C=O) groups is 1. The topological polar surface area (TPSA) is 68.0 Å². The number of aryl methyl sites for hydroxylation is 1. The summed E-state index contributed by atoms with van der Waals surface area (Å²) in [6.07, 6.45) is 1.63. The number of hydrogen-bond donors (Lipinski definition) is 1. The van der Waals surface area contributed by atoms with Gasteiger partial charge in [0.1, 0.15) is 6.33 Å². The number of para-hydroxylation sites is 1. The Labute approximate surface area is 121 Å². The van der Waals surface area contributed by atoms with Gasteiger partial charge in [0.25, 0.3) is 0 Å². The van der Waals surface area contributed by atoms with Crippen molar-refractivity contribution in [2.75, 3.05) is 0 Å². The van der Waals surface area contributed by atoms with Crippen molar-refractivity contribution < 1.29 is 9.90 Å². The molecule has 0 aliphatic rings. The fourth-order valence-electron chi connectivity index (χ4n) is 2.12. The monoisotopic (exact) mass is 279 g/mol. The average molecular weight is 279 g/mol. The van der Waals surface area contributed by atoms with E-state index in [1.807, 2.05) is 31.2 Å². The summed E-state index contributed by atoms with van der Waals surface area (Å²) >= 11 is 0. The predicted molar refractivity (Wildman–Crippen MR) is 78.5 cm³/mol. The van der Waals surface area contributed by atoms with Gasteiger partial charge in [0, 0.05) is 5.56 Å². The van der Waals surface area contributed by atoms with E-state index in [9.17, 15) is 4.79 Å². The molecule has 5 heteroatoms. The van der Waals surface area contributed by atoms with Crippen LogP contribution in [0.25, 0.3) is 17.1 Å². The second kappa shape index (κ2) is 5.20. The average Bonchev–Trinajstić information content (AvgIpc) is 2.97. The molecule has 0 radical (unpaired) electrons. The van der Waals surface area contributed by atoms with Crippen molar-refractivity contribution >= 4 is 5.97 Å². The van der Waals surface area contributed by atoms with Gasteiger partial charge in [-0.15, -0.1) is 5.10 Å². The van der Waals surface area contributed by atoms with Crippen LogP contribution in [0.3, 0.4) is 0 Å². The summed E-state index contributed by atoms with van der Waals surface area (Å²) in [5.41, 5.74) is 2.95. The van der Waals surface area contributed by atoms with Crippen LogP contribution in [0.4, 0.5) is 0 Å². The van der Waals surface area contributed by atoms with Crippen LogP contribution >= 0.6 is 0 Å². The van der Waals surface area contributed by atoms with Gasteiger partial charge in [0.15, 0.2) is 5.82 Å². The van der Waals surface area contributed by atoms with Gasteiger partial charge in [-0.3, -0.25) is 0 Å². The molecule has 104 valence electrons. The van der Waals surface area contributed by atoms with Gasteiger partial charge >= 0.3 is 5.97 Å². The Kier molecular flexibility index (Phi) is 3.23. The molecule has 0 saturated carbocycles. The Bertz CT molecular complexity index is 809. The summed E-state index contributed by atoms with van der Waals surface area (Å²) in [6.45, 7) is 2.00. The molecule has 2 aromatic carbocycles. The lowest BCUT2D eigenvalue weighted by Gasteiger charge is -2.03. The number of carboxylic acids is 1. The lowest BCUT2D eigenvalue weighted by atomic mass is 10.1. The molecule has 1 N–H and O–H groups in total. The molecule has 0 spiro atoms. The highest BCUT2D eigenvalue weighted by atomic mass is 16.4. The van der Waals surface area contributed by atoms with Crippen LogP contribution < -0.4 is 0 Å². The second-order valence-electron chi connectivity index (χ2n) is 4.69. The molecule has 0 aliphatic heterocycles. The van der Waals surface area contributed by atoms with Crippen LogP contribution in [-0.4, -0.2) is 25.8 Å². The molecule has 0 aliphatic carbocycles. The van der Waals surface area contributed by atoms with E-state index in [0.717, 1.165) is 11.3 Å². The Balaban J connectivity index is 2.01. The third-order valence-corrected chi connectivity index (χ3v) is 3.22. The van der Waals surface area contributed by atoms with Crippen LogP contribution in [-0.2, 0) is 0 Å². The summed E-state index contributed by atoms with van der Waals surface area (Å²) in [5.74, 6) is -0.462. The highest BCUT2D eigenvalue weighted by molar-refractivity contribution is 5.89. The fraction of sp³-hybridized carbons (Fsp3) is 0.0625. The standard InChI is InChI=1S/C16H13N3O2/c1-11-5-2-3-8-14(11)19-10-17-15(18-19)12-6-4-7-13(9-12)16(20)21/h2-10H,1H3,(H,20,21). The van der Waals surface area contributed by atoms with Crippen molar-refractivity contribution in [2.45, 2.75) is 6.92 Å². The molecule has 0 unspecified atom stereocenters. The van der Waals surface area contributed by atoms with Crippen LogP contribution in [0.2, 0.25) is 0 Å². The number of nitrogens with zero attached hydrogens (tertiary/aromatic N) is 3. The number of aromatic nitrogens is 3. The number of hydrogen-bond acceptors (Lipinski definition) is 3. The van der Waals surface area contributed by atoms with E-state index in [2.05, 4.69) is 10.1 Å². The Morgan fingerprint density at radius 1 is 1.14 bits per heavy atom. The largest absolute Gasteiger partial charge is 0.478 e. The maximum atomic E-state index is 11.0. The van der Waals surface area contributed by atoms with E-state index in [0.29, 0.717) is 11.4 Å². The van der Waals surface area contributed by atoms with Crippen molar-refractivity contribution in [2.24, 2.45) is 0 Å². The first-order valence-corrected chi connectivity index (χ1v) is 6.46. The van der Waals surface area contributed by atoms with Gasteiger partial charge in [-0.2, -0.15) is 0 Å². The Morgan fingerprint density at radius 2 is 1.95 bits per heavy atom. The van der Waals surface area contributed by atoms with Crippen molar-refractivity contribution in [3.05, 3.63) is 66.0 Å². The van der Waals surface area contributed by atoms with Crippen LogP contribution in [0.5, 0.6) is 0 Å². The molecule has 0 fully saturated rings. The van der Waals surface area contributed by atoms with Gasteiger partial charge in [-0.1, -0.05) is 30.3 Å². The Hall–Kier alpha value is -2.95. The van der Waals surface area contributed by atoms with Crippen LogP contribution in [0.15, 0.2) is 54.9 Å². The highest BCUT2D eigenvalue weighted by Crippen LogP contribution is 2.18. The zero-order valence-corrected chi connectivity index (χ0v) is 11.4. The van der Waals surface area contributed by atoms with Crippen molar-refractivity contribution in [3.63, 3.8) is 0 Å². The molecule has 1 heterocycles. The molecular weight excluding hydrogens is 266 g/mol. The molecule has 0 amide bonds. The SMILES string of the molecule is Cc1ccccc1-n1cnc(-c2cccc(C(=O)O)c2)n1. The van der Waals surface area contributed by atoms with Gasteiger partial charge in [-0.25, -0.2) is 14.5 Å². The molecule has 0 saturated heterocycles. The minimum absolute atomic E-state index is 0.222. The minimum atomic E-state index is -0.963. The number of rotatable bonds is 3. The van der Waals surface area contributed by atoms with E-state index < -0.39 is 5.97 Å². The number of benzene rings is 2. The first-order chi connectivity index (χ1) is 10.1. The lowest BCUT2D eigenvalue weighted by molar-refractivity contribution is 0.0697. The van der Waals surface area contributed by atoms with Crippen molar-refractivity contribution in [1.29, 1.82) is 0 Å². The fourth-order valence-corrected chi connectivity index (χ4v) is 2.12. The quantitative estimate of drug-likeness (QED) is 0.800. The molecule has 1 aromatic heterocycles. The Morgan fingerprint density at radius 3 is 2.71 bits per heavy atom. The van der Waals surface area contributed by atoms with Gasteiger partial charge in [0.05, 0.1) is 11.3 Å². The van der Waals surface area contributed by atoms with Gasteiger partial charge in [-0.05, 0) is 30.7 Å². The summed E-state index contributed by atoms with van der Waals surface area (Å²) in [4.78, 5) is 15.3. The molecule has 0 atom stereocenters. The lowest BCUT2D eigenvalue weighted by Crippen LogP contribution is -1.98. The molecule has 3 aromatic rings. The maximum absolute atomic E-state index is 11.0. The second-order valence-corrected chi connectivity index (χ2v) is 4.69. The highest BCUT2D eigenvalue weighted by Gasteiger charge is 2.09. The molecular formula is C16H13N3O2. The van der Waals surface area contributed by atoms with E-state index >= 15 is 0 Å². The third kappa shape index (κ3) is 2.53. The van der Waals surface area contributed by atoms with Crippen LogP contribution in [0.1, 0.15) is 15.9 Å². The molecule has 21 heavy (non-hydrogen) atoms. The van der Waals surface area contributed by atoms with E-state index in [-0.39, 0.29) is 5.56 Å². The van der Waals surface area contributed by atoms with Gasteiger partial charge < -0.3 is 5.11 Å². The van der Waals surface area contributed by atoms with Gasteiger partial charge in [0.2, 0.25) is 0 Å². The summed E-state index contributed by atoms with van der Waals surface area (Å²) in [5, 5.41) is 13.5. The number of aromatic carboxylic acids is 1. The molecule has 3 rings (SSSR count). The third-order valence-electron chi connectivity index (χ3n) is 3.22. The van der Waals surface area contributed by atoms with E-state index in [1.54, 1.807) is 35.3 Å². The predicted octanol–water partition coefficient (Wildman–Crippen LogP) is 2.94. The van der Waals surface area contributed by atoms with Crippen molar-refractivity contribution in [3.8, 4) is 17.1 Å². The van der Waals surface area contributed by atoms with E-state index in [1.165, 1.54) is 0 Å². The van der Waals surface area contributed by atoms with Crippen LogP contribution in [0, 0.1) is 6.92 Å². The summed E-state index contributed by atoms with van der Waals surface area (Å²) in [6, 6.07) is 14.5. The maximum Gasteiger partial charge on any atom is 0.335 e. The smallest absolute Gasteiger partial charge is 0.335 e. The minimum Gasteiger partial charge on any atom is -0.478 e. The summed E-state index contributed by atoms with van der Waals surface area (Å²) in [7, 11) is 0. The first kappa shape index (κ1) is 13.1. The first-order valence-electron chi connectivity index (χ1n) is 6.46. The normalized spacial score (nSPS) is 10.5. The number of carboxylic acid groups (broad SMARTS) is 1. The molecule has 5 nitrogen and oxygen atoms in total. The zero-order valence-electron chi connectivity index (χ0n) is 11.4. The zero-order chi connectivity index (χ0) is 14.8. The molecule has 0 bridgehead atoms. The van der Waals surface area contributed by atoms with E-state index in [4.69, 9.17) is 5.11 Å². The van der Waals surface area contributed by atoms with Crippen molar-refractivity contribution in [1.82, 2.24) is 14.8 Å². The summed E-state index contributed by atoms with van der Waals surface area (Å²) < 4.78 is 1.69.